The predicted octanol–water partition coefficient (Wildman–Crippen LogP) is 0.128. The van der Waals surface area contributed by atoms with Crippen molar-refractivity contribution in [1.82, 2.24) is 0 Å². The van der Waals surface area contributed by atoms with Crippen molar-refractivity contribution in [1.29, 1.82) is 0 Å². The van der Waals surface area contributed by atoms with E-state index in [2.05, 4.69) is 10.7 Å². The van der Waals surface area contributed by atoms with Gasteiger partial charge in [-0.05, 0) is 18.2 Å². The highest BCUT2D eigenvalue weighted by molar-refractivity contribution is 5.92. The number of phenolic OH excluding ortho intramolecular Hbond substituents is 2. The maximum Gasteiger partial charge on any atom is 0.360 e. The summed E-state index contributed by atoms with van der Waals surface area (Å²) >= 11 is 0. The van der Waals surface area contributed by atoms with Gasteiger partial charge >= 0.3 is 5.97 Å². The van der Waals surface area contributed by atoms with E-state index in [1.165, 1.54) is 12.1 Å². The summed E-state index contributed by atoms with van der Waals surface area (Å²) in [6.07, 6.45) is 0. The molecule has 0 aliphatic carbocycles. The minimum atomic E-state index is -0.900. The molecule has 0 fully saturated rings. The average Bonchev–Trinajstić information content (AvgIpc) is 2.08. The van der Waals surface area contributed by atoms with Crippen LogP contribution in [0.1, 0.15) is 10.4 Å². The Morgan fingerprint density at radius 2 is 2.08 bits per heavy atom. The van der Waals surface area contributed by atoms with Crippen molar-refractivity contribution in [2.24, 2.45) is 5.90 Å². The number of hydrogen-bond acceptors (Lipinski definition) is 5. The fourth-order valence-corrected chi connectivity index (χ4v) is 0.751. The van der Waals surface area contributed by atoms with Crippen LogP contribution in [-0.4, -0.2) is 16.2 Å². The molecule has 4 N–H and O–H groups in total. The van der Waals surface area contributed by atoms with Gasteiger partial charge < -0.3 is 15.1 Å². The highest BCUT2D eigenvalue weighted by atomic mass is 16.7. The Morgan fingerprint density at radius 1 is 1.42 bits per heavy atom. The van der Waals surface area contributed by atoms with Crippen molar-refractivity contribution >= 4 is 5.97 Å². The Labute approximate surface area is 68.0 Å². The predicted molar refractivity (Wildman–Crippen MR) is 39.4 cm³/mol. The first-order chi connectivity index (χ1) is 5.65. The maximum atomic E-state index is 10.8. The normalized spacial score (nSPS) is 9.42. The Morgan fingerprint density at radius 3 is 2.67 bits per heavy atom. The Balaban J connectivity index is 3.13. The molecule has 0 unspecified atom stereocenters. The number of aromatic hydroxyl groups is 2. The van der Waals surface area contributed by atoms with Crippen LogP contribution in [0.25, 0.3) is 0 Å². The lowest BCUT2D eigenvalue weighted by molar-refractivity contribution is 0.0499. The van der Waals surface area contributed by atoms with E-state index in [4.69, 9.17) is 10.2 Å². The van der Waals surface area contributed by atoms with Gasteiger partial charge in [-0.3, -0.25) is 0 Å². The zero-order chi connectivity index (χ0) is 9.14. The Hall–Kier alpha value is -1.75. The largest absolute Gasteiger partial charge is 0.508 e. The van der Waals surface area contributed by atoms with Gasteiger partial charge in [-0.1, -0.05) is 0 Å². The summed E-state index contributed by atoms with van der Waals surface area (Å²) in [7, 11) is 0. The molecule has 0 amide bonds. The lowest BCUT2D eigenvalue weighted by Gasteiger charge is -2.01. The van der Waals surface area contributed by atoms with Gasteiger partial charge in [0, 0.05) is 0 Å². The minimum Gasteiger partial charge on any atom is -0.508 e. The molecular weight excluding hydrogens is 162 g/mol. The van der Waals surface area contributed by atoms with Crippen LogP contribution in [0.4, 0.5) is 0 Å². The van der Waals surface area contributed by atoms with E-state index in [0.29, 0.717) is 0 Å². The van der Waals surface area contributed by atoms with Gasteiger partial charge in [0.2, 0.25) is 0 Å². The molecule has 0 bridgehead atoms. The van der Waals surface area contributed by atoms with Gasteiger partial charge in [-0.2, -0.15) is 5.90 Å². The zero-order valence-corrected chi connectivity index (χ0v) is 6.02. The van der Waals surface area contributed by atoms with E-state index >= 15 is 0 Å². The van der Waals surface area contributed by atoms with E-state index in [0.717, 1.165) is 6.07 Å². The van der Waals surface area contributed by atoms with Gasteiger partial charge in [0.25, 0.3) is 0 Å². The summed E-state index contributed by atoms with van der Waals surface area (Å²) in [6, 6.07) is 3.47. The highest BCUT2D eigenvalue weighted by Gasteiger charge is 2.11. The molecule has 0 spiro atoms. The zero-order valence-electron chi connectivity index (χ0n) is 6.02. The van der Waals surface area contributed by atoms with Crippen molar-refractivity contribution in [3.05, 3.63) is 23.8 Å². The summed E-state index contributed by atoms with van der Waals surface area (Å²) < 4.78 is 0. The molecule has 0 saturated carbocycles. The minimum absolute atomic E-state index is 0.145. The average molecular weight is 169 g/mol. The van der Waals surface area contributed by atoms with Crippen LogP contribution in [0.2, 0.25) is 0 Å². The van der Waals surface area contributed by atoms with Crippen molar-refractivity contribution in [3.63, 3.8) is 0 Å². The summed E-state index contributed by atoms with van der Waals surface area (Å²) in [5.74, 6) is 3.25. The van der Waals surface area contributed by atoms with Crippen LogP contribution in [0.3, 0.4) is 0 Å². The fraction of sp³-hybridized carbons (Fsp3) is 0. The van der Waals surface area contributed by atoms with Crippen molar-refractivity contribution < 1.29 is 19.8 Å². The van der Waals surface area contributed by atoms with Crippen molar-refractivity contribution in [3.8, 4) is 11.5 Å². The van der Waals surface area contributed by atoms with Gasteiger partial charge in [-0.25, -0.2) is 4.79 Å². The molecular formula is C7H7NO4. The third-order valence-corrected chi connectivity index (χ3v) is 1.31. The molecule has 5 nitrogen and oxygen atoms in total. The van der Waals surface area contributed by atoms with E-state index in [1.54, 1.807) is 0 Å². The topological polar surface area (TPSA) is 92.8 Å². The molecule has 1 aromatic rings. The third kappa shape index (κ3) is 1.46. The lowest BCUT2D eigenvalue weighted by Crippen LogP contribution is -2.09. The molecule has 0 aliphatic heterocycles. The summed E-state index contributed by atoms with van der Waals surface area (Å²) in [5, 5.41) is 18.0. The van der Waals surface area contributed by atoms with Crippen LogP contribution in [0, 0.1) is 0 Å². The maximum absolute atomic E-state index is 10.8. The van der Waals surface area contributed by atoms with Crippen molar-refractivity contribution in [2.75, 3.05) is 0 Å². The molecule has 0 aromatic heterocycles. The van der Waals surface area contributed by atoms with Crippen LogP contribution < -0.4 is 5.90 Å². The molecule has 0 heterocycles. The van der Waals surface area contributed by atoms with Crippen LogP contribution >= 0.6 is 0 Å². The molecule has 0 saturated heterocycles. The third-order valence-electron chi connectivity index (χ3n) is 1.31. The van der Waals surface area contributed by atoms with Crippen LogP contribution in [0.15, 0.2) is 18.2 Å². The summed E-state index contributed by atoms with van der Waals surface area (Å²) in [4.78, 5) is 14.6. The number of rotatable bonds is 1. The number of carbonyl (C=O) groups excluding carboxylic acids is 1. The molecule has 0 radical (unpaired) electrons. The summed E-state index contributed by atoms with van der Waals surface area (Å²) in [5.41, 5.74) is -0.169. The van der Waals surface area contributed by atoms with E-state index in [1.807, 2.05) is 0 Å². The molecule has 1 aromatic carbocycles. The monoisotopic (exact) mass is 169 g/mol. The molecule has 0 aliphatic rings. The van der Waals surface area contributed by atoms with Gasteiger partial charge in [-0.15, -0.1) is 0 Å². The van der Waals surface area contributed by atoms with Crippen molar-refractivity contribution in [2.45, 2.75) is 0 Å². The quantitative estimate of drug-likeness (QED) is 0.410. The first-order valence-electron chi connectivity index (χ1n) is 3.08. The first kappa shape index (κ1) is 8.35. The second-order valence-electron chi connectivity index (χ2n) is 2.11. The first-order valence-corrected chi connectivity index (χ1v) is 3.08. The smallest absolute Gasteiger partial charge is 0.360 e. The number of benzene rings is 1. The fourth-order valence-electron chi connectivity index (χ4n) is 0.751. The van der Waals surface area contributed by atoms with E-state index < -0.39 is 5.97 Å². The van der Waals surface area contributed by atoms with Gasteiger partial charge in [0.15, 0.2) is 0 Å². The second kappa shape index (κ2) is 3.10. The molecule has 1 rings (SSSR count). The summed E-state index contributed by atoms with van der Waals surface area (Å²) in [6.45, 7) is 0. The second-order valence-corrected chi connectivity index (χ2v) is 2.11. The Bertz CT molecular complexity index is 310. The molecule has 5 heteroatoms. The lowest BCUT2D eigenvalue weighted by atomic mass is 10.2. The molecule has 64 valence electrons. The SMILES string of the molecule is NOC(=O)c1cc(O)ccc1O. The number of nitrogens with two attached hydrogens (primary N) is 1. The van der Waals surface area contributed by atoms with Gasteiger partial charge in [0.05, 0.1) is 0 Å². The molecule has 12 heavy (non-hydrogen) atoms. The van der Waals surface area contributed by atoms with E-state index in [-0.39, 0.29) is 17.1 Å². The number of carbonyl (C=O) groups is 1. The van der Waals surface area contributed by atoms with Crippen LogP contribution in [0.5, 0.6) is 11.5 Å². The standard InChI is InChI=1S/C7H7NO4/c8-12-7(11)5-3-4(9)1-2-6(5)10/h1-3,9-10H,8H2. The van der Waals surface area contributed by atoms with E-state index in [9.17, 15) is 4.79 Å². The van der Waals surface area contributed by atoms with Crippen LogP contribution in [-0.2, 0) is 4.84 Å². The Kier molecular flexibility index (Phi) is 2.16. The van der Waals surface area contributed by atoms with Gasteiger partial charge in [0.1, 0.15) is 17.1 Å². The molecule has 0 atom stereocenters. The highest BCUT2D eigenvalue weighted by Crippen LogP contribution is 2.22. The number of phenols is 2. The number of hydrogen-bond donors (Lipinski definition) is 3.